The van der Waals surface area contributed by atoms with Crippen LogP contribution in [0.25, 0.3) is 0 Å². The van der Waals surface area contributed by atoms with Crippen LogP contribution in [0.2, 0.25) is 5.02 Å². The molecule has 0 aliphatic carbocycles. The molecule has 2 rings (SSSR count). The summed E-state index contributed by atoms with van der Waals surface area (Å²) in [6.45, 7) is 0.572. The van der Waals surface area contributed by atoms with Gasteiger partial charge < -0.3 is 14.7 Å². The summed E-state index contributed by atoms with van der Waals surface area (Å²) in [6, 6.07) is 3.34. The van der Waals surface area contributed by atoms with Crippen LogP contribution in [0.1, 0.15) is 18.0 Å². The van der Waals surface area contributed by atoms with Crippen LogP contribution in [0.4, 0.5) is 4.39 Å². The molecule has 0 aromatic heterocycles. The largest absolute Gasteiger partial charge is 0.481 e. The zero-order valence-corrected chi connectivity index (χ0v) is 12.1. The average Bonchev–Trinajstić information content (AvgIpc) is 2.77. The number of hydrogen-bond donors (Lipinski definition) is 1. The van der Waals surface area contributed by atoms with Crippen LogP contribution in [0.15, 0.2) is 18.2 Å². The minimum Gasteiger partial charge on any atom is -0.481 e. The summed E-state index contributed by atoms with van der Waals surface area (Å²) in [5.74, 6) is -2.78. The molecule has 1 N–H and O–H groups in total. The molecule has 1 aromatic rings. The number of aliphatic carboxylic acids is 1. The Morgan fingerprint density at radius 2 is 2.29 bits per heavy atom. The Bertz CT molecular complexity index is 566. The van der Waals surface area contributed by atoms with E-state index in [9.17, 15) is 19.1 Å². The third kappa shape index (κ3) is 3.16. The van der Waals surface area contributed by atoms with Crippen molar-refractivity contribution in [1.29, 1.82) is 0 Å². The maximum absolute atomic E-state index is 13.3. The van der Waals surface area contributed by atoms with Gasteiger partial charge in [-0.25, -0.2) is 4.39 Å². The maximum Gasteiger partial charge on any atom is 0.309 e. The van der Waals surface area contributed by atoms with Gasteiger partial charge in [-0.05, 0) is 17.7 Å². The Balaban J connectivity index is 2.38. The first-order valence-electron chi connectivity index (χ1n) is 6.42. The summed E-state index contributed by atoms with van der Waals surface area (Å²) in [7, 11) is 1.50. The number of ether oxygens (including phenoxy) is 1. The minimum atomic E-state index is -1.06. The molecule has 7 heteroatoms. The van der Waals surface area contributed by atoms with E-state index in [0.29, 0.717) is 12.2 Å². The molecule has 1 aromatic carbocycles. The first kappa shape index (κ1) is 15.7. The lowest BCUT2D eigenvalue weighted by Crippen LogP contribution is -2.33. The zero-order chi connectivity index (χ0) is 15.6. The number of likely N-dealkylation sites (tertiary alicyclic amines) is 1. The Hall–Kier alpha value is -1.66. The van der Waals surface area contributed by atoms with Crippen molar-refractivity contribution < 1.29 is 23.8 Å². The molecule has 1 aliphatic rings. The molecule has 2 unspecified atom stereocenters. The Morgan fingerprint density at radius 1 is 1.57 bits per heavy atom. The van der Waals surface area contributed by atoms with Gasteiger partial charge in [-0.15, -0.1) is 0 Å². The van der Waals surface area contributed by atoms with Crippen LogP contribution in [-0.4, -0.2) is 42.1 Å². The molecule has 0 saturated carbocycles. The van der Waals surface area contributed by atoms with E-state index in [-0.39, 0.29) is 23.9 Å². The van der Waals surface area contributed by atoms with Gasteiger partial charge in [0.1, 0.15) is 5.82 Å². The fraction of sp³-hybridized carbons (Fsp3) is 0.429. The van der Waals surface area contributed by atoms with Crippen LogP contribution < -0.4 is 0 Å². The van der Waals surface area contributed by atoms with Crippen molar-refractivity contribution >= 4 is 23.5 Å². The smallest absolute Gasteiger partial charge is 0.309 e. The Morgan fingerprint density at radius 3 is 2.86 bits per heavy atom. The van der Waals surface area contributed by atoms with Crippen molar-refractivity contribution in [2.24, 2.45) is 5.92 Å². The van der Waals surface area contributed by atoms with Gasteiger partial charge in [0, 0.05) is 20.1 Å². The van der Waals surface area contributed by atoms with E-state index >= 15 is 0 Å². The van der Waals surface area contributed by atoms with Gasteiger partial charge >= 0.3 is 5.97 Å². The lowest BCUT2D eigenvalue weighted by atomic mass is 9.93. The van der Waals surface area contributed by atoms with Crippen LogP contribution in [0.3, 0.4) is 0 Å². The highest BCUT2D eigenvalue weighted by molar-refractivity contribution is 6.30. The lowest BCUT2D eigenvalue weighted by molar-refractivity contribution is -0.142. The molecule has 0 radical (unpaired) electrons. The average molecular weight is 316 g/mol. The first-order valence-corrected chi connectivity index (χ1v) is 6.79. The summed E-state index contributed by atoms with van der Waals surface area (Å²) in [5, 5.41) is 9.22. The molecule has 1 aliphatic heterocycles. The second-order valence-electron chi connectivity index (χ2n) is 4.85. The minimum absolute atomic E-state index is 0.0846. The van der Waals surface area contributed by atoms with Gasteiger partial charge in [0.05, 0.1) is 23.6 Å². The van der Waals surface area contributed by atoms with Crippen molar-refractivity contribution in [2.75, 3.05) is 20.3 Å². The highest BCUT2D eigenvalue weighted by Crippen LogP contribution is 2.39. The van der Waals surface area contributed by atoms with Gasteiger partial charge in [-0.1, -0.05) is 17.7 Å². The number of nitrogens with zero attached hydrogens (tertiary/aromatic N) is 1. The van der Waals surface area contributed by atoms with Crippen molar-refractivity contribution in [3.63, 3.8) is 0 Å². The van der Waals surface area contributed by atoms with Gasteiger partial charge in [-0.2, -0.15) is 0 Å². The third-order valence-corrected chi connectivity index (χ3v) is 3.86. The fourth-order valence-corrected chi connectivity index (χ4v) is 2.76. The molecule has 1 saturated heterocycles. The number of rotatable bonds is 5. The van der Waals surface area contributed by atoms with Gasteiger partial charge in [0.2, 0.25) is 5.91 Å². The first-order chi connectivity index (χ1) is 9.95. The van der Waals surface area contributed by atoms with Gasteiger partial charge in [0.15, 0.2) is 0 Å². The molecular weight excluding hydrogens is 301 g/mol. The molecule has 2 atom stereocenters. The van der Waals surface area contributed by atoms with E-state index in [0.717, 1.165) is 0 Å². The maximum atomic E-state index is 13.3. The standard InChI is InChI=1S/C14H15ClFNO4/c1-21-5-4-17-12(18)7-9(14(19)20)13(17)8-2-3-11(16)10(15)6-8/h2-3,6,9,13H,4-5,7H2,1H3,(H,19,20). The molecule has 21 heavy (non-hydrogen) atoms. The fourth-order valence-electron chi connectivity index (χ4n) is 2.57. The van der Waals surface area contributed by atoms with Crippen LogP contribution >= 0.6 is 11.6 Å². The summed E-state index contributed by atoms with van der Waals surface area (Å²) < 4.78 is 18.2. The molecule has 0 spiro atoms. The molecular formula is C14H15ClFNO4. The quantitative estimate of drug-likeness (QED) is 0.903. The second kappa shape index (κ2) is 6.41. The normalized spacial score (nSPS) is 21.9. The SMILES string of the molecule is COCCN1C(=O)CC(C(=O)O)C1c1ccc(F)c(Cl)c1. The van der Waals surface area contributed by atoms with E-state index in [1.165, 1.54) is 30.2 Å². The van der Waals surface area contributed by atoms with Crippen LogP contribution in [0, 0.1) is 11.7 Å². The molecule has 5 nitrogen and oxygen atoms in total. The van der Waals surface area contributed by atoms with Gasteiger partial charge in [0.25, 0.3) is 0 Å². The molecule has 1 fully saturated rings. The van der Waals surface area contributed by atoms with Crippen molar-refractivity contribution in [2.45, 2.75) is 12.5 Å². The van der Waals surface area contributed by atoms with E-state index in [4.69, 9.17) is 16.3 Å². The molecule has 1 heterocycles. The number of halogens is 2. The number of carbonyl (C=O) groups excluding carboxylic acids is 1. The number of carboxylic acid groups (broad SMARTS) is 1. The number of carbonyl (C=O) groups is 2. The third-order valence-electron chi connectivity index (χ3n) is 3.57. The van der Waals surface area contributed by atoms with Crippen molar-refractivity contribution in [3.8, 4) is 0 Å². The zero-order valence-electron chi connectivity index (χ0n) is 11.4. The summed E-state index contributed by atoms with van der Waals surface area (Å²) in [5.41, 5.74) is 0.510. The number of amides is 1. The second-order valence-corrected chi connectivity index (χ2v) is 5.25. The highest BCUT2D eigenvalue weighted by atomic mass is 35.5. The van der Waals surface area contributed by atoms with E-state index < -0.39 is 23.7 Å². The number of hydrogen-bond acceptors (Lipinski definition) is 3. The molecule has 0 bridgehead atoms. The molecule has 1 amide bonds. The van der Waals surface area contributed by atoms with Gasteiger partial charge in [-0.3, -0.25) is 9.59 Å². The van der Waals surface area contributed by atoms with E-state index in [1.807, 2.05) is 0 Å². The summed E-state index contributed by atoms with van der Waals surface area (Å²) >= 11 is 5.76. The predicted molar refractivity (Wildman–Crippen MR) is 73.5 cm³/mol. The number of carboxylic acids is 1. The summed E-state index contributed by atoms with van der Waals surface area (Å²) in [4.78, 5) is 24.9. The predicted octanol–water partition coefficient (Wildman–Crippen LogP) is 2.10. The lowest BCUT2D eigenvalue weighted by Gasteiger charge is -2.27. The Kier molecular flexibility index (Phi) is 4.80. The topological polar surface area (TPSA) is 66.8 Å². The highest BCUT2D eigenvalue weighted by Gasteiger charge is 2.44. The molecule has 114 valence electrons. The van der Waals surface area contributed by atoms with Crippen molar-refractivity contribution in [1.82, 2.24) is 4.90 Å². The monoisotopic (exact) mass is 315 g/mol. The van der Waals surface area contributed by atoms with E-state index in [1.54, 1.807) is 0 Å². The number of methoxy groups -OCH3 is 1. The van der Waals surface area contributed by atoms with Crippen LogP contribution in [-0.2, 0) is 14.3 Å². The van der Waals surface area contributed by atoms with Crippen LogP contribution in [0.5, 0.6) is 0 Å². The van der Waals surface area contributed by atoms with E-state index in [2.05, 4.69) is 0 Å². The Labute approximate surface area is 126 Å². The summed E-state index contributed by atoms with van der Waals surface area (Å²) in [6.07, 6.45) is -0.0846. The van der Waals surface area contributed by atoms with Crippen molar-refractivity contribution in [3.05, 3.63) is 34.6 Å². The number of benzene rings is 1.